The number of carbonyl (C=O) groups excluding carboxylic acids is 1. The number of nitrogens with one attached hydrogen (secondary N) is 1. The van der Waals surface area contributed by atoms with Gasteiger partial charge in [-0.25, -0.2) is 0 Å². The van der Waals surface area contributed by atoms with Crippen molar-refractivity contribution in [1.82, 2.24) is 0 Å². The number of hydrogen-bond donors (Lipinski definition) is 2. The van der Waals surface area contributed by atoms with Crippen LogP contribution in [-0.4, -0.2) is 31.2 Å². The summed E-state index contributed by atoms with van der Waals surface area (Å²) in [4.78, 5) is 13.7. The van der Waals surface area contributed by atoms with Gasteiger partial charge in [-0.2, -0.15) is 0 Å². The minimum absolute atomic E-state index is 0.0676. The number of rotatable bonds is 1. The van der Waals surface area contributed by atoms with Crippen LogP contribution in [0.4, 0.5) is 17.1 Å². The first-order valence-electron chi connectivity index (χ1n) is 7.15. The number of aryl methyl sites for hydroxylation is 1. The maximum Gasteiger partial charge on any atom is 0.224 e. The molecule has 0 saturated carbocycles. The maximum absolute atomic E-state index is 11.4. The molecular weight excluding hydrogens is 254 g/mol. The number of fused-ring (bicyclic) bond motifs is 1. The molecule has 5 nitrogen and oxygen atoms in total. The summed E-state index contributed by atoms with van der Waals surface area (Å²) in [5, 5.41) is 2.89. The van der Waals surface area contributed by atoms with E-state index in [0.717, 1.165) is 24.3 Å². The fourth-order valence-electron chi connectivity index (χ4n) is 2.92. The molecule has 1 amide bonds. The molecule has 1 fully saturated rings. The number of ether oxygens (including phenoxy) is 1. The van der Waals surface area contributed by atoms with Gasteiger partial charge in [-0.1, -0.05) is 0 Å². The zero-order valence-corrected chi connectivity index (χ0v) is 12.0. The molecule has 20 heavy (non-hydrogen) atoms. The summed E-state index contributed by atoms with van der Waals surface area (Å²) in [6, 6.07) is 4.32. The molecule has 2 aliphatic rings. The minimum Gasteiger partial charge on any atom is -0.397 e. The highest BCUT2D eigenvalue weighted by atomic mass is 16.5. The molecule has 1 aromatic rings. The van der Waals surface area contributed by atoms with Crippen LogP contribution in [0.1, 0.15) is 25.8 Å². The molecule has 1 saturated heterocycles. The average Bonchev–Trinajstić information content (AvgIpc) is 2.41. The molecule has 0 aliphatic carbocycles. The van der Waals surface area contributed by atoms with Gasteiger partial charge < -0.3 is 20.7 Å². The fraction of sp³-hybridized carbons (Fsp3) is 0.533. The van der Waals surface area contributed by atoms with E-state index in [1.807, 2.05) is 6.07 Å². The van der Waals surface area contributed by atoms with Gasteiger partial charge in [-0.3, -0.25) is 4.79 Å². The topological polar surface area (TPSA) is 67.6 Å². The normalized spacial score (nSPS) is 26.1. The summed E-state index contributed by atoms with van der Waals surface area (Å²) in [5.74, 6) is 0.0676. The Labute approximate surface area is 119 Å². The van der Waals surface area contributed by atoms with Gasteiger partial charge in [0.05, 0.1) is 24.1 Å². The van der Waals surface area contributed by atoms with Crippen molar-refractivity contribution in [3.05, 3.63) is 17.7 Å². The van der Waals surface area contributed by atoms with Crippen molar-refractivity contribution >= 4 is 23.0 Å². The number of hydrogen-bond acceptors (Lipinski definition) is 4. The molecule has 3 rings (SSSR count). The molecule has 2 unspecified atom stereocenters. The Morgan fingerprint density at radius 3 is 2.95 bits per heavy atom. The van der Waals surface area contributed by atoms with E-state index in [2.05, 4.69) is 30.1 Å². The Morgan fingerprint density at radius 2 is 2.15 bits per heavy atom. The second-order valence-corrected chi connectivity index (χ2v) is 5.76. The molecular formula is C15H21N3O2. The number of morpholine rings is 1. The van der Waals surface area contributed by atoms with Gasteiger partial charge in [0.1, 0.15) is 0 Å². The largest absolute Gasteiger partial charge is 0.397 e. The Bertz CT molecular complexity index is 544. The summed E-state index contributed by atoms with van der Waals surface area (Å²) in [6.07, 6.45) is 1.54. The van der Waals surface area contributed by atoms with E-state index < -0.39 is 0 Å². The van der Waals surface area contributed by atoms with Crippen molar-refractivity contribution in [1.29, 1.82) is 0 Å². The molecule has 2 heterocycles. The fourth-order valence-corrected chi connectivity index (χ4v) is 2.92. The van der Waals surface area contributed by atoms with Crippen LogP contribution in [0.5, 0.6) is 0 Å². The van der Waals surface area contributed by atoms with Crippen molar-refractivity contribution in [2.45, 2.75) is 38.8 Å². The number of carbonyl (C=O) groups is 1. The first-order chi connectivity index (χ1) is 9.54. The standard InChI is InChI=1S/C15H21N3O2/c1-9-8-20-10(2)7-18(9)14-5-11-3-4-15(19)17-13(11)6-12(14)16/h5-6,9-10H,3-4,7-8,16H2,1-2H3,(H,17,19). The van der Waals surface area contributed by atoms with Crippen molar-refractivity contribution in [2.75, 3.05) is 29.1 Å². The monoisotopic (exact) mass is 275 g/mol. The Hall–Kier alpha value is -1.75. The Kier molecular flexibility index (Phi) is 3.30. The van der Waals surface area contributed by atoms with E-state index in [4.69, 9.17) is 10.5 Å². The average molecular weight is 275 g/mol. The van der Waals surface area contributed by atoms with Gasteiger partial charge in [0.25, 0.3) is 0 Å². The van der Waals surface area contributed by atoms with Gasteiger partial charge in [0.2, 0.25) is 5.91 Å². The number of anilines is 3. The van der Waals surface area contributed by atoms with Gasteiger partial charge in [-0.05, 0) is 38.0 Å². The van der Waals surface area contributed by atoms with E-state index in [1.54, 1.807) is 0 Å². The van der Waals surface area contributed by atoms with E-state index in [0.29, 0.717) is 24.8 Å². The third kappa shape index (κ3) is 2.33. The molecule has 5 heteroatoms. The van der Waals surface area contributed by atoms with Crippen molar-refractivity contribution in [2.24, 2.45) is 0 Å². The lowest BCUT2D eigenvalue weighted by atomic mass is 10.00. The van der Waals surface area contributed by atoms with Crippen LogP contribution in [0.25, 0.3) is 0 Å². The zero-order valence-electron chi connectivity index (χ0n) is 12.0. The second kappa shape index (κ2) is 4.98. The van der Waals surface area contributed by atoms with Crippen molar-refractivity contribution in [3.63, 3.8) is 0 Å². The minimum atomic E-state index is 0.0676. The molecule has 0 spiro atoms. The molecule has 2 aliphatic heterocycles. The summed E-state index contributed by atoms with van der Waals surface area (Å²) in [7, 11) is 0. The third-order valence-electron chi connectivity index (χ3n) is 4.07. The number of nitrogens with two attached hydrogens (primary N) is 1. The van der Waals surface area contributed by atoms with E-state index >= 15 is 0 Å². The molecule has 3 N–H and O–H groups in total. The van der Waals surface area contributed by atoms with Crippen molar-refractivity contribution in [3.8, 4) is 0 Å². The molecule has 1 aromatic carbocycles. The number of benzene rings is 1. The highest BCUT2D eigenvalue weighted by Gasteiger charge is 2.26. The lowest BCUT2D eigenvalue weighted by Gasteiger charge is -2.39. The maximum atomic E-state index is 11.4. The summed E-state index contributed by atoms with van der Waals surface area (Å²) >= 11 is 0. The quantitative estimate of drug-likeness (QED) is 0.766. The smallest absolute Gasteiger partial charge is 0.224 e. The second-order valence-electron chi connectivity index (χ2n) is 5.76. The number of nitrogens with zero attached hydrogens (tertiary/aromatic N) is 1. The van der Waals surface area contributed by atoms with Crippen LogP contribution in [0.2, 0.25) is 0 Å². The lowest BCUT2D eigenvalue weighted by Crippen LogP contribution is -2.47. The van der Waals surface area contributed by atoms with Crippen molar-refractivity contribution < 1.29 is 9.53 Å². The van der Waals surface area contributed by atoms with E-state index in [-0.39, 0.29) is 12.0 Å². The zero-order chi connectivity index (χ0) is 14.3. The molecule has 0 bridgehead atoms. The van der Waals surface area contributed by atoms with Crippen LogP contribution >= 0.6 is 0 Å². The van der Waals surface area contributed by atoms with Gasteiger partial charge in [-0.15, -0.1) is 0 Å². The molecule has 0 radical (unpaired) electrons. The first-order valence-corrected chi connectivity index (χ1v) is 7.15. The van der Waals surface area contributed by atoms with Crippen LogP contribution in [0, 0.1) is 0 Å². The van der Waals surface area contributed by atoms with Crippen LogP contribution in [-0.2, 0) is 16.0 Å². The number of amides is 1. The third-order valence-corrected chi connectivity index (χ3v) is 4.07. The summed E-state index contributed by atoms with van der Waals surface area (Å²) < 4.78 is 5.67. The Morgan fingerprint density at radius 1 is 1.35 bits per heavy atom. The van der Waals surface area contributed by atoms with Crippen LogP contribution in [0.15, 0.2) is 12.1 Å². The summed E-state index contributed by atoms with van der Waals surface area (Å²) in [6.45, 7) is 5.78. The molecule has 108 valence electrons. The van der Waals surface area contributed by atoms with Gasteiger partial charge in [0.15, 0.2) is 0 Å². The predicted molar refractivity (Wildman–Crippen MR) is 80.0 cm³/mol. The van der Waals surface area contributed by atoms with E-state index in [9.17, 15) is 4.79 Å². The Balaban J connectivity index is 1.95. The van der Waals surface area contributed by atoms with E-state index in [1.165, 1.54) is 5.56 Å². The molecule has 0 aromatic heterocycles. The lowest BCUT2D eigenvalue weighted by molar-refractivity contribution is -0.116. The number of nitrogen functional groups attached to an aromatic ring is 1. The van der Waals surface area contributed by atoms with Crippen LogP contribution in [0.3, 0.4) is 0 Å². The predicted octanol–water partition coefficient (Wildman–Crippen LogP) is 1.77. The highest BCUT2D eigenvalue weighted by molar-refractivity contribution is 5.95. The SMILES string of the molecule is CC1CN(c2cc3c(cc2N)NC(=O)CC3)C(C)CO1. The summed E-state index contributed by atoms with van der Waals surface area (Å²) in [5.41, 5.74) is 9.99. The highest BCUT2D eigenvalue weighted by Crippen LogP contribution is 2.35. The van der Waals surface area contributed by atoms with Gasteiger partial charge >= 0.3 is 0 Å². The van der Waals surface area contributed by atoms with Crippen LogP contribution < -0.4 is 16.0 Å². The van der Waals surface area contributed by atoms with Gasteiger partial charge in [0, 0.05) is 24.7 Å². The first kappa shape index (κ1) is 13.2. The molecule has 2 atom stereocenters.